The monoisotopic (exact) mass is 275 g/mol. The first-order valence-corrected chi connectivity index (χ1v) is 7.19. The first-order valence-electron chi connectivity index (χ1n) is 7.19. The van der Waals surface area contributed by atoms with Gasteiger partial charge in [0.25, 0.3) is 0 Å². The maximum Gasteiger partial charge on any atom is 0.219 e. The molecular weight excluding hydrogens is 250 g/mol. The Bertz CT molecular complexity index is 455. The highest BCUT2D eigenvalue weighted by Gasteiger charge is 2.23. The largest absolute Gasteiger partial charge is 0.370 e. The van der Waals surface area contributed by atoms with Gasteiger partial charge in [-0.1, -0.05) is 12.1 Å². The summed E-state index contributed by atoms with van der Waals surface area (Å²) in [6, 6.07) is 9.23. The summed E-state index contributed by atoms with van der Waals surface area (Å²) in [5, 5.41) is 0. The average Bonchev–Trinajstić information content (AvgIpc) is 2.89. The molecule has 0 radical (unpaired) electrons. The zero-order valence-corrected chi connectivity index (χ0v) is 13.0. The molecule has 4 nitrogen and oxygen atoms in total. The molecule has 1 fully saturated rings. The second-order valence-corrected chi connectivity index (χ2v) is 5.89. The van der Waals surface area contributed by atoms with Gasteiger partial charge in [0, 0.05) is 45.3 Å². The number of anilines is 1. The van der Waals surface area contributed by atoms with E-state index < -0.39 is 0 Å². The average molecular weight is 275 g/mol. The molecule has 2 rings (SSSR count). The number of rotatable bonds is 4. The lowest BCUT2D eigenvalue weighted by atomic mass is 10.2. The Morgan fingerprint density at radius 3 is 2.40 bits per heavy atom. The number of nitrogens with zero attached hydrogens (tertiary/aromatic N) is 3. The molecule has 0 aromatic heterocycles. The highest BCUT2D eigenvalue weighted by Crippen LogP contribution is 2.22. The third kappa shape index (κ3) is 3.51. The molecule has 0 saturated carbocycles. The van der Waals surface area contributed by atoms with Gasteiger partial charge in [-0.25, -0.2) is 0 Å². The number of hydrogen-bond acceptors (Lipinski definition) is 3. The van der Waals surface area contributed by atoms with Crippen LogP contribution in [0.15, 0.2) is 24.3 Å². The van der Waals surface area contributed by atoms with E-state index in [1.54, 1.807) is 11.8 Å². The van der Waals surface area contributed by atoms with Crippen molar-refractivity contribution in [2.45, 2.75) is 25.9 Å². The molecule has 0 unspecified atom stereocenters. The van der Waals surface area contributed by atoms with E-state index in [1.165, 1.54) is 17.7 Å². The molecule has 0 aliphatic carbocycles. The van der Waals surface area contributed by atoms with Gasteiger partial charge in [-0.2, -0.15) is 0 Å². The van der Waals surface area contributed by atoms with E-state index in [9.17, 15) is 4.79 Å². The van der Waals surface area contributed by atoms with Gasteiger partial charge in [-0.15, -0.1) is 0 Å². The van der Waals surface area contributed by atoms with Crippen LogP contribution in [0.2, 0.25) is 0 Å². The predicted molar refractivity (Wildman–Crippen MR) is 82.9 cm³/mol. The van der Waals surface area contributed by atoms with Crippen molar-refractivity contribution in [1.29, 1.82) is 0 Å². The van der Waals surface area contributed by atoms with Crippen molar-refractivity contribution in [2.75, 3.05) is 39.1 Å². The zero-order valence-electron chi connectivity index (χ0n) is 13.0. The number of likely N-dealkylation sites (N-methyl/N-ethyl adjacent to an activating group) is 1. The van der Waals surface area contributed by atoms with E-state index in [-0.39, 0.29) is 5.91 Å². The fourth-order valence-corrected chi connectivity index (χ4v) is 2.60. The van der Waals surface area contributed by atoms with E-state index in [0.29, 0.717) is 12.6 Å². The summed E-state index contributed by atoms with van der Waals surface area (Å²) >= 11 is 0. The van der Waals surface area contributed by atoms with Crippen LogP contribution >= 0.6 is 0 Å². The molecular formula is C16H25N3O. The number of hydrogen-bond donors (Lipinski definition) is 0. The van der Waals surface area contributed by atoms with Crippen molar-refractivity contribution >= 4 is 11.6 Å². The molecule has 0 spiro atoms. The molecule has 1 atom stereocenters. The van der Waals surface area contributed by atoms with Gasteiger partial charge in [0.05, 0.1) is 0 Å². The number of carbonyl (C=O) groups excluding carboxylic acids is 1. The summed E-state index contributed by atoms with van der Waals surface area (Å²) in [5.41, 5.74) is 2.46. The molecule has 1 aliphatic rings. The van der Waals surface area contributed by atoms with Crippen LogP contribution in [-0.2, 0) is 11.3 Å². The lowest BCUT2D eigenvalue weighted by molar-refractivity contribution is -0.128. The first kappa shape index (κ1) is 14.9. The summed E-state index contributed by atoms with van der Waals surface area (Å²) in [7, 11) is 6.13. The van der Waals surface area contributed by atoms with Crippen molar-refractivity contribution in [3.05, 3.63) is 29.8 Å². The minimum atomic E-state index is 0.0995. The number of amides is 1. The van der Waals surface area contributed by atoms with Crippen molar-refractivity contribution in [2.24, 2.45) is 0 Å². The van der Waals surface area contributed by atoms with Gasteiger partial charge in [-0.05, 0) is 38.2 Å². The molecule has 1 saturated heterocycles. The standard InChI is InChI=1S/C16H25N3O/c1-13(20)18(4)11-14-5-7-15(8-6-14)19-10-9-16(12-19)17(2)3/h5-8,16H,9-12H2,1-4H3/t16-/m1/s1. The van der Waals surface area contributed by atoms with Crippen molar-refractivity contribution in [1.82, 2.24) is 9.80 Å². The van der Waals surface area contributed by atoms with E-state index in [4.69, 9.17) is 0 Å². The minimum absolute atomic E-state index is 0.0995. The number of carbonyl (C=O) groups is 1. The first-order chi connectivity index (χ1) is 9.47. The summed E-state index contributed by atoms with van der Waals surface area (Å²) < 4.78 is 0. The van der Waals surface area contributed by atoms with Gasteiger partial charge < -0.3 is 14.7 Å². The van der Waals surface area contributed by atoms with E-state index >= 15 is 0 Å². The molecule has 1 aromatic rings. The van der Waals surface area contributed by atoms with Crippen LogP contribution < -0.4 is 4.90 Å². The Morgan fingerprint density at radius 1 is 1.25 bits per heavy atom. The maximum atomic E-state index is 11.2. The van der Waals surface area contributed by atoms with Crippen LogP contribution in [0.3, 0.4) is 0 Å². The van der Waals surface area contributed by atoms with Crippen molar-refractivity contribution < 1.29 is 4.79 Å². The van der Waals surface area contributed by atoms with E-state index in [2.05, 4.69) is 48.2 Å². The van der Waals surface area contributed by atoms with Crippen molar-refractivity contribution in [3.8, 4) is 0 Å². The minimum Gasteiger partial charge on any atom is -0.370 e. The summed E-state index contributed by atoms with van der Waals surface area (Å²) in [6.07, 6.45) is 1.22. The Morgan fingerprint density at radius 2 is 1.90 bits per heavy atom. The van der Waals surface area contributed by atoms with Crippen LogP contribution in [-0.4, -0.2) is 56.0 Å². The summed E-state index contributed by atoms with van der Waals surface area (Å²) in [5.74, 6) is 0.0995. The lowest BCUT2D eigenvalue weighted by Gasteiger charge is -2.22. The van der Waals surface area contributed by atoms with Gasteiger partial charge in [0.2, 0.25) is 5.91 Å². The second kappa shape index (κ2) is 6.27. The third-order valence-corrected chi connectivity index (χ3v) is 4.15. The molecule has 1 heterocycles. The van der Waals surface area contributed by atoms with Crippen LogP contribution in [0.25, 0.3) is 0 Å². The Balaban J connectivity index is 1.97. The normalized spacial score (nSPS) is 18.6. The summed E-state index contributed by atoms with van der Waals surface area (Å²) in [6.45, 7) is 4.49. The SMILES string of the molecule is CC(=O)N(C)Cc1ccc(N2CC[C@@H](N(C)C)C2)cc1. The lowest BCUT2D eigenvalue weighted by Crippen LogP contribution is -2.31. The summed E-state index contributed by atoms with van der Waals surface area (Å²) in [4.78, 5) is 17.7. The molecule has 4 heteroatoms. The van der Waals surface area contributed by atoms with Crippen LogP contribution in [0, 0.1) is 0 Å². The van der Waals surface area contributed by atoms with Gasteiger partial charge in [-0.3, -0.25) is 4.79 Å². The third-order valence-electron chi connectivity index (χ3n) is 4.15. The fraction of sp³-hybridized carbons (Fsp3) is 0.562. The van der Waals surface area contributed by atoms with Crippen LogP contribution in [0.4, 0.5) is 5.69 Å². The second-order valence-electron chi connectivity index (χ2n) is 5.89. The van der Waals surface area contributed by atoms with Gasteiger partial charge in [0.1, 0.15) is 0 Å². The zero-order chi connectivity index (χ0) is 14.7. The van der Waals surface area contributed by atoms with Crippen molar-refractivity contribution in [3.63, 3.8) is 0 Å². The molecule has 0 N–H and O–H groups in total. The Hall–Kier alpha value is -1.55. The predicted octanol–water partition coefficient (Wildman–Crippen LogP) is 1.81. The van der Waals surface area contributed by atoms with Crippen LogP contribution in [0.1, 0.15) is 18.9 Å². The smallest absolute Gasteiger partial charge is 0.219 e. The quantitative estimate of drug-likeness (QED) is 0.838. The van der Waals surface area contributed by atoms with E-state index in [0.717, 1.165) is 13.1 Å². The fourth-order valence-electron chi connectivity index (χ4n) is 2.60. The van der Waals surface area contributed by atoms with E-state index in [1.807, 2.05) is 7.05 Å². The molecule has 1 aliphatic heterocycles. The Labute approximate surface area is 122 Å². The molecule has 1 aromatic carbocycles. The molecule has 110 valence electrons. The Kier molecular flexibility index (Phi) is 4.65. The maximum absolute atomic E-state index is 11.2. The molecule has 1 amide bonds. The van der Waals surface area contributed by atoms with Crippen LogP contribution in [0.5, 0.6) is 0 Å². The number of benzene rings is 1. The highest BCUT2D eigenvalue weighted by molar-refractivity contribution is 5.72. The highest BCUT2D eigenvalue weighted by atomic mass is 16.2. The van der Waals surface area contributed by atoms with Gasteiger partial charge in [0.15, 0.2) is 0 Å². The molecule has 0 bridgehead atoms. The van der Waals surface area contributed by atoms with Gasteiger partial charge >= 0.3 is 0 Å². The topological polar surface area (TPSA) is 26.8 Å². The molecule has 20 heavy (non-hydrogen) atoms.